The second-order valence-electron chi connectivity index (χ2n) is 2.71. The van der Waals surface area contributed by atoms with Crippen LogP contribution in [-0.4, -0.2) is 4.98 Å². The summed E-state index contributed by atoms with van der Waals surface area (Å²) < 4.78 is 0.691. The van der Waals surface area contributed by atoms with Gasteiger partial charge in [-0.15, -0.1) is 22.7 Å². The standard InChI is InChI=1S/C9H6ClN3S2/c10-7-2-1-5(14-7)9-6(3-11)15-8(4-12)13-9/h1-2H,4,12H2. The number of nitriles is 1. The van der Waals surface area contributed by atoms with Gasteiger partial charge in [-0.3, -0.25) is 0 Å². The van der Waals surface area contributed by atoms with Crippen molar-refractivity contribution in [2.75, 3.05) is 0 Å². The van der Waals surface area contributed by atoms with Crippen molar-refractivity contribution < 1.29 is 0 Å². The van der Waals surface area contributed by atoms with Crippen LogP contribution in [0.3, 0.4) is 0 Å². The number of nitrogens with two attached hydrogens (primary N) is 1. The van der Waals surface area contributed by atoms with Crippen LogP contribution in [0.1, 0.15) is 9.88 Å². The summed E-state index contributed by atoms with van der Waals surface area (Å²) in [5, 5.41) is 9.72. The predicted octanol–water partition coefficient (Wildman–Crippen LogP) is 2.86. The molecule has 0 radical (unpaired) electrons. The van der Waals surface area contributed by atoms with E-state index in [0.717, 1.165) is 9.88 Å². The number of halogens is 1. The van der Waals surface area contributed by atoms with Crippen LogP contribution in [0.5, 0.6) is 0 Å². The first-order valence-corrected chi connectivity index (χ1v) is 6.11. The molecule has 6 heteroatoms. The Bertz CT molecular complexity index is 524. The van der Waals surface area contributed by atoms with Gasteiger partial charge in [0.25, 0.3) is 0 Å². The van der Waals surface area contributed by atoms with Gasteiger partial charge in [0.05, 0.1) is 9.21 Å². The highest BCUT2D eigenvalue weighted by atomic mass is 35.5. The SMILES string of the molecule is N#Cc1sc(CN)nc1-c1ccc(Cl)s1. The molecule has 3 nitrogen and oxygen atoms in total. The molecule has 0 unspecified atom stereocenters. The van der Waals surface area contributed by atoms with Crippen molar-refractivity contribution in [3.05, 3.63) is 26.4 Å². The molecule has 0 saturated heterocycles. The Hall–Kier alpha value is -0.930. The fourth-order valence-electron chi connectivity index (χ4n) is 1.14. The lowest BCUT2D eigenvalue weighted by atomic mass is 10.3. The normalized spacial score (nSPS) is 10.2. The molecule has 76 valence electrons. The minimum Gasteiger partial charge on any atom is -0.325 e. The van der Waals surface area contributed by atoms with Crippen molar-refractivity contribution in [1.29, 1.82) is 5.26 Å². The van der Waals surface area contributed by atoms with E-state index in [9.17, 15) is 0 Å². The van der Waals surface area contributed by atoms with E-state index >= 15 is 0 Å². The molecule has 0 fully saturated rings. The zero-order valence-corrected chi connectivity index (χ0v) is 9.92. The predicted molar refractivity (Wildman–Crippen MR) is 63.0 cm³/mol. The van der Waals surface area contributed by atoms with E-state index in [2.05, 4.69) is 11.1 Å². The van der Waals surface area contributed by atoms with E-state index in [1.54, 1.807) is 6.07 Å². The van der Waals surface area contributed by atoms with Gasteiger partial charge < -0.3 is 5.73 Å². The molecule has 2 heterocycles. The third kappa shape index (κ3) is 2.03. The Kier molecular flexibility index (Phi) is 3.03. The zero-order valence-electron chi connectivity index (χ0n) is 7.53. The van der Waals surface area contributed by atoms with Crippen molar-refractivity contribution in [2.45, 2.75) is 6.54 Å². The van der Waals surface area contributed by atoms with Crippen LogP contribution in [0.25, 0.3) is 10.6 Å². The summed E-state index contributed by atoms with van der Waals surface area (Å²) in [5.41, 5.74) is 6.18. The van der Waals surface area contributed by atoms with Crippen LogP contribution in [-0.2, 0) is 6.54 Å². The van der Waals surface area contributed by atoms with E-state index in [0.29, 0.717) is 21.5 Å². The highest BCUT2D eigenvalue weighted by Gasteiger charge is 2.13. The zero-order chi connectivity index (χ0) is 10.8. The Labute approximate surface area is 99.8 Å². The van der Waals surface area contributed by atoms with Crippen molar-refractivity contribution in [1.82, 2.24) is 4.98 Å². The molecule has 2 rings (SSSR count). The van der Waals surface area contributed by atoms with Crippen molar-refractivity contribution in [3.63, 3.8) is 0 Å². The molecule has 0 aromatic carbocycles. The average Bonchev–Trinajstić information content (AvgIpc) is 2.82. The first-order chi connectivity index (χ1) is 7.24. The highest BCUT2D eigenvalue weighted by molar-refractivity contribution is 7.20. The van der Waals surface area contributed by atoms with E-state index in [-0.39, 0.29) is 0 Å². The van der Waals surface area contributed by atoms with Gasteiger partial charge in [0.1, 0.15) is 21.6 Å². The Balaban J connectivity index is 2.52. The maximum atomic E-state index is 8.95. The molecular formula is C9H6ClN3S2. The number of thiophene rings is 1. The molecule has 2 aromatic rings. The highest BCUT2D eigenvalue weighted by Crippen LogP contribution is 2.34. The van der Waals surface area contributed by atoms with Gasteiger partial charge in [-0.1, -0.05) is 11.6 Å². The van der Waals surface area contributed by atoms with E-state index in [4.69, 9.17) is 22.6 Å². The Morgan fingerprint density at radius 1 is 1.47 bits per heavy atom. The number of rotatable bonds is 2. The monoisotopic (exact) mass is 255 g/mol. The fourth-order valence-corrected chi connectivity index (χ4v) is 2.99. The van der Waals surface area contributed by atoms with E-state index < -0.39 is 0 Å². The molecule has 0 saturated carbocycles. The van der Waals surface area contributed by atoms with Crippen molar-refractivity contribution in [2.24, 2.45) is 5.73 Å². The average molecular weight is 256 g/mol. The lowest BCUT2D eigenvalue weighted by molar-refractivity contribution is 1.04. The number of nitrogens with zero attached hydrogens (tertiary/aromatic N) is 2. The number of aromatic nitrogens is 1. The molecule has 0 bridgehead atoms. The van der Waals surface area contributed by atoms with Gasteiger partial charge >= 0.3 is 0 Å². The molecule has 15 heavy (non-hydrogen) atoms. The molecule has 0 aliphatic rings. The van der Waals surface area contributed by atoms with Crippen LogP contribution < -0.4 is 5.73 Å². The molecule has 0 aliphatic heterocycles. The van der Waals surface area contributed by atoms with Gasteiger partial charge in [0, 0.05) is 6.54 Å². The molecule has 2 N–H and O–H groups in total. The molecule has 0 amide bonds. The molecule has 0 atom stereocenters. The third-order valence-electron chi connectivity index (χ3n) is 1.75. The van der Waals surface area contributed by atoms with Crippen LogP contribution in [0, 0.1) is 11.3 Å². The largest absolute Gasteiger partial charge is 0.325 e. The van der Waals surface area contributed by atoms with E-state index in [1.165, 1.54) is 22.7 Å². The van der Waals surface area contributed by atoms with Crippen LogP contribution in [0.4, 0.5) is 0 Å². The smallest absolute Gasteiger partial charge is 0.133 e. The first kappa shape index (κ1) is 10.6. The second kappa shape index (κ2) is 4.29. The third-order valence-corrected chi connectivity index (χ3v) is 3.97. The summed E-state index contributed by atoms with van der Waals surface area (Å²) in [7, 11) is 0. The first-order valence-electron chi connectivity index (χ1n) is 4.10. The lowest BCUT2D eigenvalue weighted by Crippen LogP contribution is -1.94. The number of hydrogen-bond acceptors (Lipinski definition) is 5. The number of thiazole rings is 1. The summed E-state index contributed by atoms with van der Waals surface area (Å²) in [4.78, 5) is 5.81. The van der Waals surface area contributed by atoms with Gasteiger partial charge in [0.15, 0.2) is 0 Å². The van der Waals surface area contributed by atoms with Gasteiger partial charge in [-0.2, -0.15) is 5.26 Å². The van der Waals surface area contributed by atoms with Crippen molar-refractivity contribution >= 4 is 34.3 Å². The molecule has 2 aromatic heterocycles. The lowest BCUT2D eigenvalue weighted by Gasteiger charge is -1.89. The van der Waals surface area contributed by atoms with E-state index in [1.807, 2.05) is 6.07 Å². The number of hydrogen-bond donors (Lipinski definition) is 1. The summed E-state index contributed by atoms with van der Waals surface area (Å²) >= 11 is 8.57. The minimum atomic E-state index is 0.360. The molecule has 0 aliphatic carbocycles. The van der Waals surface area contributed by atoms with Gasteiger partial charge in [-0.25, -0.2) is 4.98 Å². The van der Waals surface area contributed by atoms with Gasteiger partial charge in [-0.05, 0) is 12.1 Å². The maximum absolute atomic E-state index is 8.95. The maximum Gasteiger partial charge on any atom is 0.133 e. The summed E-state index contributed by atoms with van der Waals surface area (Å²) in [6, 6.07) is 5.78. The molecule has 0 spiro atoms. The summed E-state index contributed by atoms with van der Waals surface area (Å²) in [6.45, 7) is 0.360. The Morgan fingerprint density at radius 3 is 2.80 bits per heavy atom. The fraction of sp³-hybridized carbons (Fsp3) is 0.111. The minimum absolute atomic E-state index is 0.360. The van der Waals surface area contributed by atoms with Crippen LogP contribution in [0.2, 0.25) is 4.34 Å². The van der Waals surface area contributed by atoms with Crippen LogP contribution >= 0.6 is 34.3 Å². The topological polar surface area (TPSA) is 62.7 Å². The van der Waals surface area contributed by atoms with Crippen LogP contribution in [0.15, 0.2) is 12.1 Å². The molecular weight excluding hydrogens is 250 g/mol. The summed E-state index contributed by atoms with van der Waals surface area (Å²) in [5.74, 6) is 0. The Morgan fingerprint density at radius 2 is 2.27 bits per heavy atom. The van der Waals surface area contributed by atoms with Gasteiger partial charge in [0.2, 0.25) is 0 Å². The van der Waals surface area contributed by atoms with Crippen molar-refractivity contribution in [3.8, 4) is 16.6 Å². The quantitative estimate of drug-likeness (QED) is 0.898. The summed E-state index contributed by atoms with van der Waals surface area (Å²) in [6.07, 6.45) is 0. The second-order valence-corrected chi connectivity index (χ2v) is 5.50.